The SMILES string of the molecule is CCCCC[C@H](O)CCC1[C@H]2CC(CCC3=CC=C(C(=O)O)CC3)CC2C[C@H]1O. The summed E-state index contributed by atoms with van der Waals surface area (Å²) in [6, 6.07) is 0. The Balaban J connectivity index is 1.42. The summed E-state index contributed by atoms with van der Waals surface area (Å²) >= 11 is 0. The number of aliphatic hydroxyl groups excluding tert-OH is 2. The Bertz CT molecular complexity index is 608. The molecule has 0 spiro atoms. The highest BCUT2D eigenvalue weighted by molar-refractivity contribution is 5.87. The molecule has 2 saturated carbocycles. The third kappa shape index (κ3) is 6.18. The normalized spacial score (nSPS) is 32.6. The molecule has 0 aliphatic heterocycles. The molecule has 3 rings (SSSR count). The highest BCUT2D eigenvalue weighted by Gasteiger charge is 2.47. The molecule has 0 amide bonds. The Hall–Kier alpha value is -1.13. The lowest BCUT2D eigenvalue weighted by Crippen LogP contribution is -2.22. The average molecular weight is 405 g/mol. The van der Waals surface area contributed by atoms with Crippen LogP contribution < -0.4 is 0 Å². The van der Waals surface area contributed by atoms with Crippen molar-refractivity contribution in [2.45, 2.75) is 103 Å². The van der Waals surface area contributed by atoms with E-state index >= 15 is 0 Å². The second-order valence-corrected chi connectivity index (χ2v) is 9.82. The monoisotopic (exact) mass is 404 g/mol. The number of hydrogen-bond donors (Lipinski definition) is 3. The number of carbonyl (C=O) groups is 1. The van der Waals surface area contributed by atoms with Gasteiger partial charge in [-0.15, -0.1) is 0 Å². The molecule has 3 aliphatic rings. The van der Waals surface area contributed by atoms with Gasteiger partial charge in [0.15, 0.2) is 0 Å². The van der Waals surface area contributed by atoms with Crippen LogP contribution in [0.4, 0.5) is 0 Å². The van der Waals surface area contributed by atoms with Gasteiger partial charge in [0.1, 0.15) is 0 Å². The van der Waals surface area contributed by atoms with Crippen LogP contribution in [0, 0.1) is 23.7 Å². The molecule has 0 radical (unpaired) electrons. The molecule has 0 aromatic rings. The van der Waals surface area contributed by atoms with Gasteiger partial charge in [-0.1, -0.05) is 43.9 Å². The minimum absolute atomic E-state index is 0.172. The molecule has 0 aromatic carbocycles. The molecule has 0 bridgehead atoms. The van der Waals surface area contributed by atoms with Gasteiger partial charge in [-0.05, 0) is 87.9 Å². The summed E-state index contributed by atoms with van der Waals surface area (Å²) in [5.41, 5.74) is 1.91. The molecule has 3 unspecified atom stereocenters. The maximum Gasteiger partial charge on any atom is 0.331 e. The minimum atomic E-state index is -0.788. The summed E-state index contributed by atoms with van der Waals surface area (Å²) in [6.45, 7) is 2.19. The van der Waals surface area contributed by atoms with Gasteiger partial charge in [-0.25, -0.2) is 4.79 Å². The molecule has 2 fully saturated rings. The molecule has 4 nitrogen and oxygen atoms in total. The van der Waals surface area contributed by atoms with Crippen LogP contribution in [-0.2, 0) is 4.79 Å². The number of fused-ring (bicyclic) bond motifs is 1. The minimum Gasteiger partial charge on any atom is -0.478 e. The summed E-state index contributed by atoms with van der Waals surface area (Å²) in [6.07, 6.45) is 16.9. The summed E-state index contributed by atoms with van der Waals surface area (Å²) in [4.78, 5) is 11.0. The second-order valence-electron chi connectivity index (χ2n) is 9.82. The summed E-state index contributed by atoms with van der Waals surface area (Å²) < 4.78 is 0. The number of aliphatic hydroxyl groups is 2. The van der Waals surface area contributed by atoms with Crippen molar-refractivity contribution < 1.29 is 20.1 Å². The van der Waals surface area contributed by atoms with Crippen LogP contribution >= 0.6 is 0 Å². The maximum absolute atomic E-state index is 11.0. The van der Waals surface area contributed by atoms with Crippen molar-refractivity contribution in [3.63, 3.8) is 0 Å². The van der Waals surface area contributed by atoms with E-state index in [2.05, 4.69) is 6.92 Å². The first-order chi connectivity index (χ1) is 14.0. The summed E-state index contributed by atoms with van der Waals surface area (Å²) in [7, 11) is 0. The molecule has 6 atom stereocenters. The number of unbranched alkanes of at least 4 members (excludes halogenated alkanes) is 2. The van der Waals surface area contributed by atoms with E-state index in [1.807, 2.05) is 6.08 Å². The zero-order valence-electron chi connectivity index (χ0n) is 18.1. The molecular formula is C25H40O4. The van der Waals surface area contributed by atoms with E-state index < -0.39 is 5.97 Å². The van der Waals surface area contributed by atoms with E-state index in [-0.39, 0.29) is 12.2 Å². The van der Waals surface area contributed by atoms with Gasteiger partial charge in [0.05, 0.1) is 12.2 Å². The first kappa shape index (κ1) is 22.6. The molecule has 3 N–H and O–H groups in total. The largest absolute Gasteiger partial charge is 0.478 e. The zero-order chi connectivity index (χ0) is 20.8. The van der Waals surface area contributed by atoms with E-state index in [1.165, 1.54) is 37.7 Å². The van der Waals surface area contributed by atoms with Crippen LogP contribution in [0.1, 0.15) is 90.4 Å². The molecule has 4 heteroatoms. The van der Waals surface area contributed by atoms with Crippen LogP contribution in [0.25, 0.3) is 0 Å². The third-order valence-corrected chi connectivity index (χ3v) is 7.79. The quantitative estimate of drug-likeness (QED) is 0.411. The highest BCUT2D eigenvalue weighted by atomic mass is 16.4. The van der Waals surface area contributed by atoms with Gasteiger partial charge in [-0.2, -0.15) is 0 Å². The smallest absolute Gasteiger partial charge is 0.331 e. The zero-order valence-corrected chi connectivity index (χ0v) is 18.1. The fraction of sp³-hybridized carbons (Fsp3) is 0.800. The lowest BCUT2D eigenvalue weighted by Gasteiger charge is -2.23. The first-order valence-electron chi connectivity index (χ1n) is 12.0. The average Bonchev–Trinajstić information content (AvgIpc) is 3.21. The number of hydrogen-bond acceptors (Lipinski definition) is 3. The van der Waals surface area contributed by atoms with Crippen LogP contribution in [0.2, 0.25) is 0 Å². The first-order valence-corrected chi connectivity index (χ1v) is 12.0. The summed E-state index contributed by atoms with van der Waals surface area (Å²) in [5.74, 6) is 1.62. The van der Waals surface area contributed by atoms with Crippen molar-refractivity contribution in [3.8, 4) is 0 Å². The van der Waals surface area contributed by atoms with Crippen molar-refractivity contribution in [2.75, 3.05) is 0 Å². The van der Waals surface area contributed by atoms with Crippen molar-refractivity contribution in [2.24, 2.45) is 23.7 Å². The Morgan fingerprint density at radius 2 is 1.93 bits per heavy atom. The Morgan fingerprint density at radius 3 is 2.62 bits per heavy atom. The van der Waals surface area contributed by atoms with Crippen molar-refractivity contribution in [1.29, 1.82) is 0 Å². The van der Waals surface area contributed by atoms with Crippen molar-refractivity contribution >= 4 is 5.97 Å². The molecule has 3 aliphatic carbocycles. The number of carboxylic acid groups (broad SMARTS) is 1. The Labute approximate surface area is 176 Å². The van der Waals surface area contributed by atoms with Crippen LogP contribution in [-0.4, -0.2) is 33.5 Å². The van der Waals surface area contributed by atoms with Crippen LogP contribution in [0.3, 0.4) is 0 Å². The van der Waals surface area contributed by atoms with Gasteiger partial charge in [0, 0.05) is 5.57 Å². The third-order valence-electron chi connectivity index (χ3n) is 7.79. The van der Waals surface area contributed by atoms with Gasteiger partial charge in [-0.3, -0.25) is 0 Å². The standard InChI is InChI=1S/C25H40O4/c1-2-3-4-5-21(26)12-13-22-23-15-18(14-20(23)16-24(22)27)7-6-17-8-10-19(11-9-17)25(28)29/h8,10,18,20-24,26-27H,2-7,9,11-16H2,1H3,(H,28,29)/t18?,20?,21-,22?,23-,24+/m0/s1. The van der Waals surface area contributed by atoms with Gasteiger partial charge < -0.3 is 15.3 Å². The predicted molar refractivity (Wildman–Crippen MR) is 115 cm³/mol. The molecular weight excluding hydrogens is 364 g/mol. The van der Waals surface area contributed by atoms with Gasteiger partial charge in [0.2, 0.25) is 0 Å². The van der Waals surface area contributed by atoms with Crippen LogP contribution in [0.15, 0.2) is 23.3 Å². The lowest BCUT2D eigenvalue weighted by molar-refractivity contribution is -0.132. The van der Waals surface area contributed by atoms with E-state index in [1.54, 1.807) is 6.08 Å². The van der Waals surface area contributed by atoms with Gasteiger partial charge in [0.25, 0.3) is 0 Å². The molecule has 164 valence electrons. The lowest BCUT2D eigenvalue weighted by atomic mass is 9.85. The number of rotatable bonds is 11. The molecule has 0 aromatic heterocycles. The van der Waals surface area contributed by atoms with E-state index in [0.717, 1.165) is 50.9 Å². The molecule has 0 saturated heterocycles. The van der Waals surface area contributed by atoms with Gasteiger partial charge >= 0.3 is 5.97 Å². The van der Waals surface area contributed by atoms with E-state index in [4.69, 9.17) is 5.11 Å². The predicted octanol–water partition coefficient (Wildman–Crippen LogP) is 5.24. The highest BCUT2D eigenvalue weighted by Crippen LogP contribution is 2.52. The van der Waals surface area contributed by atoms with Crippen LogP contribution in [0.5, 0.6) is 0 Å². The van der Waals surface area contributed by atoms with Crippen molar-refractivity contribution in [3.05, 3.63) is 23.3 Å². The number of aliphatic carboxylic acids is 1. The van der Waals surface area contributed by atoms with E-state index in [0.29, 0.717) is 29.7 Å². The number of allylic oxidation sites excluding steroid dienone is 3. The number of carboxylic acids is 1. The Morgan fingerprint density at radius 1 is 1.10 bits per heavy atom. The van der Waals surface area contributed by atoms with Crippen molar-refractivity contribution in [1.82, 2.24) is 0 Å². The fourth-order valence-electron chi connectivity index (χ4n) is 6.10. The second kappa shape index (κ2) is 10.8. The van der Waals surface area contributed by atoms with E-state index in [9.17, 15) is 15.0 Å². The molecule has 0 heterocycles. The topological polar surface area (TPSA) is 77.8 Å². The fourth-order valence-corrected chi connectivity index (χ4v) is 6.10. The summed E-state index contributed by atoms with van der Waals surface area (Å²) in [5, 5.41) is 29.9. The molecule has 29 heavy (non-hydrogen) atoms. The Kier molecular flexibility index (Phi) is 8.37. The maximum atomic E-state index is 11.0.